The zero-order valence-corrected chi connectivity index (χ0v) is 23.3. The maximum absolute atomic E-state index is 13.5. The number of halogens is 2. The Morgan fingerprint density at radius 1 is 1.23 bits per heavy atom. The van der Waals surface area contributed by atoms with E-state index >= 15 is 0 Å². The summed E-state index contributed by atoms with van der Waals surface area (Å²) in [5, 5.41) is 12.7. The van der Waals surface area contributed by atoms with E-state index in [4.69, 9.17) is 9.90 Å². The van der Waals surface area contributed by atoms with Crippen LogP contribution in [0.25, 0.3) is 11.1 Å². The van der Waals surface area contributed by atoms with Gasteiger partial charge in [0.2, 0.25) is 12.3 Å². The molecule has 1 aliphatic carbocycles. The van der Waals surface area contributed by atoms with E-state index in [1.165, 1.54) is 12.4 Å². The van der Waals surface area contributed by atoms with Crippen LogP contribution in [-0.2, 0) is 25.1 Å². The van der Waals surface area contributed by atoms with Crippen molar-refractivity contribution < 1.29 is 33.1 Å². The van der Waals surface area contributed by atoms with Gasteiger partial charge in [-0.05, 0) is 57.4 Å². The first kappa shape index (κ1) is 33.9. The average molecular weight is 561 g/mol. The molecule has 2 N–H and O–H groups in total. The lowest BCUT2D eigenvalue weighted by Crippen LogP contribution is -2.41. The number of aliphatic imine (C=N–C) groups is 1. The minimum Gasteiger partial charge on any atom is -0.483 e. The average Bonchev–Trinajstić information content (AvgIpc) is 3.58. The molecule has 9 nitrogen and oxygen atoms in total. The SMILES string of the molecule is C=N/C=N\OCC.CC1CC2CC2N1C(=O)CNC=O.Cc1ccc(C(C)(F)F)c(-c2ccccc2)c1.O=CO. The molecule has 1 aliphatic heterocycles. The molecule has 218 valence electrons. The Morgan fingerprint density at radius 2 is 1.88 bits per heavy atom. The van der Waals surface area contributed by atoms with Gasteiger partial charge in [-0.25, -0.2) is 13.8 Å². The Balaban J connectivity index is 0.000000307. The lowest BCUT2D eigenvalue weighted by molar-refractivity contribution is -0.132. The maximum atomic E-state index is 13.5. The minimum absolute atomic E-state index is 0.0598. The van der Waals surface area contributed by atoms with Gasteiger partial charge in [-0.3, -0.25) is 14.4 Å². The van der Waals surface area contributed by atoms with Crippen LogP contribution in [-0.4, -0.2) is 67.1 Å². The van der Waals surface area contributed by atoms with Gasteiger partial charge in [0, 0.05) is 24.6 Å². The number of hydrogen-bond donors (Lipinski definition) is 2. The number of amides is 2. The normalized spacial score (nSPS) is 18.4. The van der Waals surface area contributed by atoms with Crippen LogP contribution in [0.1, 0.15) is 44.7 Å². The Morgan fingerprint density at radius 3 is 2.38 bits per heavy atom. The number of alkyl halides is 2. The van der Waals surface area contributed by atoms with E-state index in [0.29, 0.717) is 30.7 Å². The summed E-state index contributed by atoms with van der Waals surface area (Å²) in [6, 6.07) is 15.2. The largest absolute Gasteiger partial charge is 0.483 e. The van der Waals surface area contributed by atoms with Gasteiger partial charge >= 0.3 is 0 Å². The molecule has 1 saturated heterocycles. The number of hydrogen-bond acceptors (Lipinski definition) is 5. The Bertz CT molecular complexity index is 1110. The number of nitrogens with zero attached hydrogens (tertiary/aromatic N) is 3. The molecule has 2 aromatic carbocycles. The van der Waals surface area contributed by atoms with Crippen molar-refractivity contribution in [3.8, 4) is 11.1 Å². The van der Waals surface area contributed by atoms with Crippen LogP contribution < -0.4 is 5.32 Å². The van der Waals surface area contributed by atoms with E-state index in [-0.39, 0.29) is 24.5 Å². The third-order valence-corrected chi connectivity index (χ3v) is 6.05. The number of aryl methyl sites for hydroxylation is 1. The predicted molar refractivity (Wildman–Crippen MR) is 151 cm³/mol. The monoisotopic (exact) mass is 560 g/mol. The highest BCUT2D eigenvalue weighted by Gasteiger charge is 2.52. The summed E-state index contributed by atoms with van der Waals surface area (Å²) in [5.74, 6) is -2.02. The highest BCUT2D eigenvalue weighted by Crippen LogP contribution is 2.47. The molecule has 2 amide bonds. The van der Waals surface area contributed by atoms with Crippen molar-refractivity contribution in [1.82, 2.24) is 10.2 Å². The fourth-order valence-electron chi connectivity index (χ4n) is 4.39. The van der Waals surface area contributed by atoms with Gasteiger partial charge in [0.1, 0.15) is 6.61 Å². The van der Waals surface area contributed by atoms with E-state index in [1.807, 2.05) is 55.1 Å². The standard InChI is InChI=1S/C15H14F2.C9H14N2O2.C4H8N2O.CH2O2/c1-11-8-9-14(15(2,16)17)13(10-11)12-6-4-3-5-7-12;1-6-2-7-3-8(7)11(6)9(13)4-10-5-12;1-3-7-6-4-5-2;2-1-3/h3-10H,1-2H3;5-8H,2-4H2,1H3,(H,10,12);4H,2-3H2,1H3;1H,(H,2,3)/b;;6-4-;. The van der Waals surface area contributed by atoms with Crippen LogP contribution in [0.5, 0.6) is 0 Å². The predicted octanol–water partition coefficient (Wildman–Crippen LogP) is 4.88. The summed E-state index contributed by atoms with van der Waals surface area (Å²) < 4.78 is 27.1. The van der Waals surface area contributed by atoms with E-state index < -0.39 is 5.92 Å². The first-order valence-corrected chi connectivity index (χ1v) is 12.8. The number of oxime groups is 1. The lowest BCUT2D eigenvalue weighted by atomic mass is 9.94. The molecule has 3 atom stereocenters. The molecular formula is C29H38F2N4O5. The molecule has 3 unspecified atom stereocenters. The molecule has 1 heterocycles. The summed E-state index contributed by atoms with van der Waals surface area (Å²) in [5.41, 5.74) is 2.50. The fraction of sp³-hybridized carbons (Fsp3) is 0.414. The molecule has 11 heteroatoms. The van der Waals surface area contributed by atoms with Crippen LogP contribution in [0, 0.1) is 12.8 Å². The molecule has 4 rings (SSSR count). The summed E-state index contributed by atoms with van der Waals surface area (Å²) >= 11 is 0. The molecule has 2 fully saturated rings. The van der Waals surface area contributed by atoms with Crippen molar-refractivity contribution in [2.24, 2.45) is 16.1 Å². The van der Waals surface area contributed by atoms with Crippen molar-refractivity contribution in [2.75, 3.05) is 13.2 Å². The number of fused-ring (bicyclic) bond motifs is 1. The number of likely N-dealkylation sites (tertiary alicyclic amines) is 1. The number of piperidine rings is 1. The lowest BCUT2D eigenvalue weighted by Gasteiger charge is -2.24. The molecule has 1 saturated carbocycles. The number of benzene rings is 2. The van der Waals surface area contributed by atoms with Crippen LogP contribution in [0.2, 0.25) is 0 Å². The van der Waals surface area contributed by atoms with Crippen LogP contribution in [0.3, 0.4) is 0 Å². The second kappa shape index (κ2) is 17.4. The molecule has 2 aliphatic rings. The molecular weight excluding hydrogens is 522 g/mol. The van der Waals surface area contributed by atoms with E-state index in [2.05, 4.69) is 33.9 Å². The third-order valence-electron chi connectivity index (χ3n) is 6.05. The zero-order chi connectivity index (χ0) is 30.1. The number of carbonyl (C=O) groups excluding carboxylic acids is 2. The first-order chi connectivity index (χ1) is 19.0. The Hall–Kier alpha value is -4.15. The smallest absolute Gasteiger partial charge is 0.290 e. The molecule has 0 bridgehead atoms. The summed E-state index contributed by atoms with van der Waals surface area (Å²) in [6.07, 6.45) is 4.13. The van der Waals surface area contributed by atoms with E-state index in [0.717, 1.165) is 36.8 Å². The summed E-state index contributed by atoms with van der Waals surface area (Å²) in [6.45, 7) is 10.4. The molecule has 0 aromatic heterocycles. The molecule has 40 heavy (non-hydrogen) atoms. The number of carbonyl (C=O) groups is 3. The van der Waals surface area contributed by atoms with Crippen LogP contribution in [0.15, 0.2) is 58.7 Å². The molecule has 0 spiro atoms. The van der Waals surface area contributed by atoms with Crippen LogP contribution in [0.4, 0.5) is 8.78 Å². The van der Waals surface area contributed by atoms with Gasteiger partial charge in [-0.15, -0.1) is 0 Å². The number of rotatable bonds is 8. The van der Waals surface area contributed by atoms with Crippen molar-refractivity contribution >= 4 is 31.8 Å². The van der Waals surface area contributed by atoms with Gasteiger partial charge in [0.25, 0.3) is 12.4 Å². The zero-order valence-electron chi connectivity index (χ0n) is 23.3. The summed E-state index contributed by atoms with van der Waals surface area (Å²) in [4.78, 5) is 39.7. The van der Waals surface area contributed by atoms with Crippen molar-refractivity contribution in [3.05, 3.63) is 59.7 Å². The van der Waals surface area contributed by atoms with Crippen LogP contribution >= 0.6 is 0 Å². The van der Waals surface area contributed by atoms with Gasteiger partial charge in [0.05, 0.1) is 6.54 Å². The topological polar surface area (TPSA) is 121 Å². The third kappa shape index (κ3) is 11.3. The second-order valence-corrected chi connectivity index (χ2v) is 9.18. The molecule has 2 aromatic rings. The van der Waals surface area contributed by atoms with Gasteiger partial charge in [-0.2, -0.15) is 0 Å². The Kier molecular flexibility index (Phi) is 14.8. The van der Waals surface area contributed by atoms with Gasteiger partial charge in [-0.1, -0.05) is 59.3 Å². The first-order valence-electron chi connectivity index (χ1n) is 12.8. The highest BCUT2D eigenvalue weighted by molar-refractivity contribution is 5.81. The number of carboxylic acid groups (broad SMARTS) is 1. The quantitative estimate of drug-likeness (QED) is 0.206. The van der Waals surface area contributed by atoms with E-state index in [9.17, 15) is 18.4 Å². The highest BCUT2D eigenvalue weighted by atomic mass is 19.3. The maximum Gasteiger partial charge on any atom is 0.290 e. The van der Waals surface area contributed by atoms with E-state index in [1.54, 1.807) is 6.07 Å². The van der Waals surface area contributed by atoms with Crippen molar-refractivity contribution in [2.45, 2.75) is 58.5 Å². The minimum atomic E-state index is -2.82. The fourth-order valence-corrected chi connectivity index (χ4v) is 4.39. The van der Waals surface area contributed by atoms with Crippen molar-refractivity contribution in [1.29, 1.82) is 0 Å². The van der Waals surface area contributed by atoms with Crippen molar-refractivity contribution in [3.63, 3.8) is 0 Å². The summed E-state index contributed by atoms with van der Waals surface area (Å²) in [7, 11) is 0. The second-order valence-electron chi connectivity index (χ2n) is 9.18. The number of nitrogens with one attached hydrogen (secondary N) is 1. The Labute approximate surface area is 233 Å². The van der Waals surface area contributed by atoms with Gasteiger partial charge in [0.15, 0.2) is 6.34 Å². The van der Waals surface area contributed by atoms with Gasteiger partial charge < -0.3 is 20.2 Å². The molecule has 0 radical (unpaired) electrons.